The molecule has 0 atom stereocenters. The average molecular weight is 316 g/mol. The van der Waals surface area contributed by atoms with Crippen LogP contribution in [0.2, 0.25) is 0 Å². The van der Waals surface area contributed by atoms with E-state index in [4.69, 9.17) is 11.1 Å². The molecular weight excluding hydrogens is 292 g/mol. The molecule has 6 heteroatoms. The van der Waals surface area contributed by atoms with Gasteiger partial charge in [-0.25, -0.2) is 0 Å². The van der Waals surface area contributed by atoms with E-state index in [1.54, 1.807) is 25.3 Å². The minimum atomic E-state index is -0.226. The molecule has 0 aliphatic rings. The number of pyridine rings is 1. The molecule has 1 rings (SSSR count). The van der Waals surface area contributed by atoms with Crippen LogP contribution in [0.25, 0.3) is 0 Å². The van der Waals surface area contributed by atoms with Crippen molar-refractivity contribution in [2.75, 3.05) is 6.54 Å². The van der Waals surface area contributed by atoms with Gasteiger partial charge < -0.3 is 21.3 Å². The number of aromatic hydroxyl groups is 1. The molecule has 23 heavy (non-hydrogen) atoms. The van der Waals surface area contributed by atoms with Crippen molar-refractivity contribution >= 4 is 5.84 Å². The third-order valence-electron chi connectivity index (χ3n) is 3.24. The standard InChI is InChI=1S/C17H24N4O2/c1-3-6-13(17(18)19)7-4-5-8-20-9-14-10-21-12(2)16(23)15(14)11-22/h3-7,10,20,22-23H,8-9,11H2,1-2H3,(H3,18,19)/b5-4+,6-3-,13-7+. The predicted molar refractivity (Wildman–Crippen MR) is 92.2 cm³/mol. The molecular formula is C17H24N4O2. The molecule has 1 heterocycles. The number of nitrogens with zero attached hydrogens (tertiary/aromatic N) is 1. The smallest absolute Gasteiger partial charge is 0.142 e. The Balaban J connectivity index is 2.59. The number of aryl methyl sites for hydroxylation is 1. The van der Waals surface area contributed by atoms with Crippen LogP contribution in [0.5, 0.6) is 5.75 Å². The highest BCUT2D eigenvalue weighted by atomic mass is 16.3. The highest BCUT2D eigenvalue weighted by Gasteiger charge is 2.10. The summed E-state index contributed by atoms with van der Waals surface area (Å²) in [4.78, 5) is 4.09. The minimum absolute atomic E-state index is 0.0227. The van der Waals surface area contributed by atoms with Crippen LogP contribution in [-0.2, 0) is 13.2 Å². The fraction of sp³-hybridized carbons (Fsp3) is 0.294. The van der Waals surface area contributed by atoms with E-state index >= 15 is 0 Å². The summed E-state index contributed by atoms with van der Waals surface area (Å²) < 4.78 is 0. The quantitative estimate of drug-likeness (QED) is 0.217. The van der Waals surface area contributed by atoms with E-state index in [1.165, 1.54) is 0 Å². The van der Waals surface area contributed by atoms with Gasteiger partial charge in [0.1, 0.15) is 11.6 Å². The lowest BCUT2D eigenvalue weighted by Gasteiger charge is -2.10. The molecule has 124 valence electrons. The predicted octanol–water partition coefficient (Wildman–Crippen LogP) is 1.67. The van der Waals surface area contributed by atoms with Gasteiger partial charge in [0.05, 0.1) is 12.3 Å². The van der Waals surface area contributed by atoms with Crippen LogP contribution >= 0.6 is 0 Å². The molecule has 0 bridgehead atoms. The molecule has 0 fully saturated rings. The number of hydrogen-bond acceptors (Lipinski definition) is 5. The molecule has 0 saturated heterocycles. The third kappa shape index (κ3) is 5.69. The van der Waals surface area contributed by atoms with Gasteiger partial charge in [0, 0.05) is 30.4 Å². The van der Waals surface area contributed by atoms with Crippen molar-refractivity contribution in [3.05, 3.63) is 59.0 Å². The lowest BCUT2D eigenvalue weighted by atomic mass is 10.1. The molecule has 1 aromatic heterocycles. The van der Waals surface area contributed by atoms with E-state index in [1.807, 2.05) is 25.2 Å². The first-order valence-electron chi connectivity index (χ1n) is 7.33. The maximum absolute atomic E-state index is 9.87. The highest BCUT2D eigenvalue weighted by molar-refractivity contribution is 5.97. The Kier molecular flexibility index (Phi) is 7.73. The van der Waals surface area contributed by atoms with Crippen LogP contribution in [0.1, 0.15) is 23.7 Å². The van der Waals surface area contributed by atoms with E-state index in [-0.39, 0.29) is 18.2 Å². The Morgan fingerprint density at radius 2 is 2.22 bits per heavy atom. The molecule has 0 aliphatic heterocycles. The maximum atomic E-state index is 9.87. The third-order valence-corrected chi connectivity index (χ3v) is 3.24. The van der Waals surface area contributed by atoms with Gasteiger partial charge in [0.25, 0.3) is 0 Å². The van der Waals surface area contributed by atoms with Crippen molar-refractivity contribution in [2.24, 2.45) is 5.73 Å². The van der Waals surface area contributed by atoms with Crippen molar-refractivity contribution in [3.8, 4) is 5.75 Å². The van der Waals surface area contributed by atoms with Crippen molar-refractivity contribution in [3.63, 3.8) is 0 Å². The van der Waals surface area contributed by atoms with Crippen LogP contribution in [0.3, 0.4) is 0 Å². The lowest BCUT2D eigenvalue weighted by Crippen LogP contribution is -2.15. The number of aromatic nitrogens is 1. The lowest BCUT2D eigenvalue weighted by molar-refractivity contribution is 0.273. The van der Waals surface area contributed by atoms with Crippen LogP contribution in [0.15, 0.2) is 42.2 Å². The highest BCUT2D eigenvalue weighted by Crippen LogP contribution is 2.23. The summed E-state index contributed by atoms with van der Waals surface area (Å²) in [7, 11) is 0. The van der Waals surface area contributed by atoms with Crippen LogP contribution in [0.4, 0.5) is 0 Å². The molecule has 0 aliphatic carbocycles. The molecule has 0 radical (unpaired) electrons. The summed E-state index contributed by atoms with van der Waals surface area (Å²) in [5.41, 5.74) is 7.88. The van der Waals surface area contributed by atoms with Crippen LogP contribution in [0, 0.1) is 12.3 Å². The Morgan fingerprint density at radius 3 is 2.83 bits per heavy atom. The van der Waals surface area contributed by atoms with E-state index in [9.17, 15) is 10.2 Å². The summed E-state index contributed by atoms with van der Waals surface area (Å²) in [6, 6.07) is 0. The first-order valence-corrected chi connectivity index (χ1v) is 7.33. The normalized spacial score (nSPS) is 12.4. The molecule has 0 amide bonds. The molecule has 6 nitrogen and oxygen atoms in total. The number of nitrogens with one attached hydrogen (secondary N) is 2. The number of nitrogens with two attached hydrogens (primary N) is 1. The van der Waals surface area contributed by atoms with Crippen molar-refractivity contribution in [2.45, 2.75) is 27.0 Å². The van der Waals surface area contributed by atoms with Gasteiger partial charge in [-0.05, 0) is 19.4 Å². The van der Waals surface area contributed by atoms with E-state index in [2.05, 4.69) is 10.3 Å². The Hall–Kier alpha value is -2.44. The zero-order valence-electron chi connectivity index (χ0n) is 13.5. The van der Waals surface area contributed by atoms with Gasteiger partial charge in [-0.1, -0.05) is 30.4 Å². The number of amidine groups is 1. The van der Waals surface area contributed by atoms with E-state index in [0.717, 1.165) is 5.56 Å². The molecule has 0 unspecified atom stereocenters. The van der Waals surface area contributed by atoms with Crippen LogP contribution < -0.4 is 11.1 Å². The van der Waals surface area contributed by atoms with Gasteiger partial charge >= 0.3 is 0 Å². The molecule has 6 N–H and O–H groups in total. The summed E-state index contributed by atoms with van der Waals surface area (Å²) in [6.45, 7) is 4.41. The Morgan fingerprint density at radius 1 is 1.48 bits per heavy atom. The summed E-state index contributed by atoms with van der Waals surface area (Å²) in [6.07, 6.45) is 10.7. The van der Waals surface area contributed by atoms with Crippen molar-refractivity contribution < 1.29 is 10.2 Å². The number of allylic oxidation sites excluding steroid dienone is 3. The Bertz CT molecular complexity index is 634. The van der Waals surface area contributed by atoms with Crippen molar-refractivity contribution in [1.82, 2.24) is 10.3 Å². The maximum Gasteiger partial charge on any atom is 0.142 e. The van der Waals surface area contributed by atoms with Crippen molar-refractivity contribution in [1.29, 1.82) is 5.41 Å². The van der Waals surface area contributed by atoms with Gasteiger partial charge in [-0.2, -0.15) is 0 Å². The molecule has 0 aromatic carbocycles. The Labute approximate surface area is 136 Å². The zero-order valence-corrected chi connectivity index (χ0v) is 13.5. The van der Waals surface area contributed by atoms with Gasteiger partial charge in [-0.3, -0.25) is 10.4 Å². The minimum Gasteiger partial charge on any atom is -0.506 e. The van der Waals surface area contributed by atoms with Gasteiger partial charge in [0.2, 0.25) is 0 Å². The fourth-order valence-electron chi connectivity index (χ4n) is 1.96. The fourth-order valence-corrected chi connectivity index (χ4v) is 1.96. The SMILES string of the molecule is C\C=C/C(=C\C=C\CNCc1cnc(C)c(O)c1CO)C(=N)N. The van der Waals surface area contributed by atoms with E-state index < -0.39 is 0 Å². The zero-order chi connectivity index (χ0) is 17.2. The first-order chi connectivity index (χ1) is 11.0. The number of aliphatic hydroxyl groups is 1. The largest absolute Gasteiger partial charge is 0.506 e. The summed E-state index contributed by atoms with van der Waals surface area (Å²) >= 11 is 0. The number of rotatable bonds is 8. The average Bonchev–Trinajstić information content (AvgIpc) is 2.52. The summed E-state index contributed by atoms with van der Waals surface area (Å²) in [5, 5.41) is 29.8. The van der Waals surface area contributed by atoms with Gasteiger partial charge in [-0.15, -0.1) is 0 Å². The van der Waals surface area contributed by atoms with E-state index in [0.29, 0.717) is 29.9 Å². The molecule has 0 spiro atoms. The first kappa shape index (κ1) is 18.6. The molecule has 1 aromatic rings. The van der Waals surface area contributed by atoms with Crippen LogP contribution in [-0.4, -0.2) is 27.6 Å². The summed E-state index contributed by atoms with van der Waals surface area (Å²) in [5.74, 6) is 0.0669. The topological polar surface area (TPSA) is 115 Å². The van der Waals surface area contributed by atoms with Gasteiger partial charge in [0.15, 0.2) is 0 Å². The molecule has 0 saturated carbocycles. The second-order valence-corrected chi connectivity index (χ2v) is 4.95. The number of hydrogen-bond donors (Lipinski definition) is 5. The monoisotopic (exact) mass is 316 g/mol. The second-order valence-electron chi connectivity index (χ2n) is 4.95. The number of aliphatic hydroxyl groups excluding tert-OH is 1. The second kappa shape index (κ2) is 9.55.